The number of thiocarbonyl (C=S) groups is 1. The van der Waals surface area contributed by atoms with Crippen LogP contribution in [-0.4, -0.2) is 38.8 Å². The molecule has 1 aromatic carbocycles. The van der Waals surface area contributed by atoms with E-state index in [4.69, 9.17) is 40.2 Å². The molecule has 5 rings (SSSR count). The number of ether oxygens (including phenoxy) is 1. The van der Waals surface area contributed by atoms with Crippen LogP contribution in [0.15, 0.2) is 60.9 Å². The van der Waals surface area contributed by atoms with Crippen LogP contribution in [0.25, 0.3) is 5.69 Å². The van der Waals surface area contributed by atoms with Gasteiger partial charge in [0.1, 0.15) is 0 Å². The number of aromatic nitrogens is 2. The van der Waals surface area contributed by atoms with E-state index in [1.54, 1.807) is 6.07 Å². The molecular weight excluding hydrogens is 451 g/mol. The fraction of sp³-hybridized carbons (Fsp3) is 0.304. The highest BCUT2D eigenvalue weighted by molar-refractivity contribution is 7.80. The molecule has 2 aliphatic rings. The van der Waals surface area contributed by atoms with Crippen molar-refractivity contribution in [2.75, 3.05) is 13.2 Å². The monoisotopic (exact) mass is 472 g/mol. The van der Waals surface area contributed by atoms with Crippen molar-refractivity contribution in [1.29, 1.82) is 0 Å². The maximum Gasteiger partial charge on any atom is 0.170 e. The lowest BCUT2D eigenvalue weighted by molar-refractivity contribution is 0.0836. The molecule has 31 heavy (non-hydrogen) atoms. The molecule has 2 aliphatic heterocycles. The number of pyridine rings is 1. The van der Waals surface area contributed by atoms with E-state index in [0.29, 0.717) is 15.2 Å². The van der Waals surface area contributed by atoms with Gasteiger partial charge in [-0.1, -0.05) is 29.3 Å². The van der Waals surface area contributed by atoms with Gasteiger partial charge in [0.2, 0.25) is 0 Å². The summed E-state index contributed by atoms with van der Waals surface area (Å²) in [6, 6.07) is 15.5. The molecule has 3 aromatic rings. The third kappa shape index (κ3) is 4.05. The lowest BCUT2D eigenvalue weighted by Crippen LogP contribution is -2.36. The van der Waals surface area contributed by atoms with E-state index < -0.39 is 0 Å². The highest BCUT2D eigenvalue weighted by Gasteiger charge is 2.42. The van der Waals surface area contributed by atoms with Crippen LogP contribution in [0.5, 0.6) is 0 Å². The van der Waals surface area contributed by atoms with Gasteiger partial charge in [-0.05, 0) is 67.5 Å². The number of hydrogen-bond acceptors (Lipinski definition) is 3. The SMILES string of the molecule is S=C1N[C@@H](c2ccccn2)[C@@H](c2cccn2-c2ccc(Cl)cc2Cl)N1C[C@@H]1CCCO1. The Hall–Kier alpha value is -2.12. The molecule has 5 nitrogen and oxygen atoms in total. The highest BCUT2D eigenvalue weighted by atomic mass is 35.5. The zero-order valence-electron chi connectivity index (χ0n) is 16.7. The summed E-state index contributed by atoms with van der Waals surface area (Å²) < 4.78 is 8.04. The Balaban J connectivity index is 1.58. The Morgan fingerprint density at radius 3 is 2.81 bits per heavy atom. The molecule has 0 radical (unpaired) electrons. The second-order valence-electron chi connectivity index (χ2n) is 7.81. The van der Waals surface area contributed by atoms with Crippen LogP contribution >= 0.6 is 35.4 Å². The predicted molar refractivity (Wildman–Crippen MR) is 127 cm³/mol. The smallest absolute Gasteiger partial charge is 0.170 e. The van der Waals surface area contributed by atoms with Crippen molar-refractivity contribution < 1.29 is 4.74 Å². The molecule has 4 heterocycles. The predicted octanol–water partition coefficient (Wildman–Crippen LogP) is 5.33. The first kappa shape index (κ1) is 20.8. The first-order valence-corrected chi connectivity index (χ1v) is 11.5. The van der Waals surface area contributed by atoms with Gasteiger partial charge in [-0.3, -0.25) is 4.98 Å². The Kier molecular flexibility index (Phi) is 5.89. The van der Waals surface area contributed by atoms with Gasteiger partial charge in [-0.25, -0.2) is 0 Å². The van der Waals surface area contributed by atoms with E-state index in [9.17, 15) is 0 Å². The van der Waals surface area contributed by atoms with Crippen LogP contribution < -0.4 is 5.32 Å². The van der Waals surface area contributed by atoms with Crippen LogP contribution in [0.3, 0.4) is 0 Å². The van der Waals surface area contributed by atoms with Crippen molar-refractivity contribution in [3.63, 3.8) is 0 Å². The molecule has 0 amide bonds. The number of benzene rings is 1. The van der Waals surface area contributed by atoms with Crippen LogP contribution in [0, 0.1) is 0 Å². The first-order chi connectivity index (χ1) is 15.1. The van der Waals surface area contributed by atoms with Crippen molar-refractivity contribution >= 4 is 40.5 Å². The molecule has 2 fully saturated rings. The summed E-state index contributed by atoms with van der Waals surface area (Å²) in [5.74, 6) is 0. The van der Waals surface area contributed by atoms with E-state index in [0.717, 1.165) is 43.1 Å². The Morgan fingerprint density at radius 2 is 2.06 bits per heavy atom. The standard InChI is InChI=1S/C23H22Cl2N4OS/c24-15-8-9-19(17(25)13-15)28-11-3-7-20(28)22-21(18-6-1-2-10-26-18)27-23(31)29(22)14-16-5-4-12-30-16/h1-3,6-11,13,16,21-22H,4-5,12,14H2,(H,27,31)/t16-,21-,22+/m0/s1. The summed E-state index contributed by atoms with van der Waals surface area (Å²) in [6.45, 7) is 1.54. The quantitative estimate of drug-likeness (QED) is 0.508. The van der Waals surface area contributed by atoms with E-state index >= 15 is 0 Å². The third-order valence-corrected chi connectivity index (χ3v) is 6.76. The van der Waals surface area contributed by atoms with Crippen molar-refractivity contribution in [3.8, 4) is 5.69 Å². The Labute approximate surface area is 196 Å². The molecule has 0 bridgehead atoms. The van der Waals surface area contributed by atoms with Crippen molar-refractivity contribution in [3.05, 3.63) is 82.4 Å². The highest BCUT2D eigenvalue weighted by Crippen LogP contribution is 2.41. The van der Waals surface area contributed by atoms with Crippen molar-refractivity contribution in [2.45, 2.75) is 31.0 Å². The number of hydrogen-bond donors (Lipinski definition) is 1. The minimum Gasteiger partial charge on any atom is -0.376 e. The molecule has 2 aromatic heterocycles. The first-order valence-electron chi connectivity index (χ1n) is 10.3. The van der Waals surface area contributed by atoms with E-state index in [1.165, 1.54) is 0 Å². The zero-order valence-corrected chi connectivity index (χ0v) is 19.1. The summed E-state index contributed by atoms with van der Waals surface area (Å²) >= 11 is 18.5. The molecule has 160 valence electrons. The van der Waals surface area contributed by atoms with Gasteiger partial charge in [0.05, 0.1) is 34.6 Å². The van der Waals surface area contributed by atoms with Gasteiger partial charge >= 0.3 is 0 Å². The summed E-state index contributed by atoms with van der Waals surface area (Å²) in [5.41, 5.74) is 2.89. The van der Waals surface area contributed by atoms with Crippen molar-refractivity contribution in [2.24, 2.45) is 0 Å². The minimum atomic E-state index is -0.0881. The number of halogens is 2. The van der Waals surface area contributed by atoms with E-state index in [-0.39, 0.29) is 18.2 Å². The fourth-order valence-electron chi connectivity index (χ4n) is 4.46. The lowest BCUT2D eigenvalue weighted by Gasteiger charge is -2.30. The zero-order chi connectivity index (χ0) is 21.4. The molecule has 2 saturated heterocycles. The molecule has 0 saturated carbocycles. The topological polar surface area (TPSA) is 42.3 Å². The summed E-state index contributed by atoms with van der Waals surface area (Å²) in [6.07, 6.45) is 6.14. The van der Waals surface area contributed by atoms with Crippen LogP contribution in [0.2, 0.25) is 10.0 Å². The minimum absolute atomic E-state index is 0.0617. The molecule has 0 unspecified atom stereocenters. The van der Waals surface area contributed by atoms with Gasteiger partial charge in [0.15, 0.2) is 5.11 Å². The van der Waals surface area contributed by atoms with Gasteiger partial charge < -0.3 is 19.5 Å². The lowest BCUT2D eigenvalue weighted by atomic mass is 10.0. The number of rotatable bonds is 5. The molecule has 1 N–H and O–H groups in total. The molecular formula is C23H22Cl2N4OS. The molecule has 0 aliphatic carbocycles. The van der Waals surface area contributed by atoms with Gasteiger partial charge in [-0.15, -0.1) is 0 Å². The van der Waals surface area contributed by atoms with Crippen LogP contribution in [0.1, 0.15) is 36.3 Å². The average Bonchev–Trinajstić information content (AvgIpc) is 3.50. The maximum absolute atomic E-state index is 6.56. The second kappa shape index (κ2) is 8.79. The third-order valence-electron chi connectivity index (χ3n) is 5.87. The summed E-state index contributed by atoms with van der Waals surface area (Å²) in [7, 11) is 0. The molecule has 8 heteroatoms. The van der Waals surface area contributed by atoms with Crippen LogP contribution in [0.4, 0.5) is 0 Å². The maximum atomic E-state index is 6.56. The molecule has 0 spiro atoms. The average molecular weight is 473 g/mol. The second-order valence-corrected chi connectivity index (χ2v) is 9.04. The van der Waals surface area contributed by atoms with Gasteiger partial charge in [-0.2, -0.15) is 0 Å². The fourth-order valence-corrected chi connectivity index (χ4v) is 5.28. The Morgan fingerprint density at radius 1 is 1.16 bits per heavy atom. The van der Waals surface area contributed by atoms with Crippen molar-refractivity contribution in [1.82, 2.24) is 19.8 Å². The van der Waals surface area contributed by atoms with Gasteiger partial charge in [0.25, 0.3) is 0 Å². The molecule has 3 atom stereocenters. The van der Waals surface area contributed by atoms with Crippen LogP contribution in [-0.2, 0) is 4.74 Å². The normalized spacial score (nSPS) is 23.4. The van der Waals surface area contributed by atoms with Gasteiger partial charge in [0, 0.05) is 36.3 Å². The summed E-state index contributed by atoms with van der Waals surface area (Å²) in [4.78, 5) is 6.86. The largest absolute Gasteiger partial charge is 0.376 e. The van der Waals surface area contributed by atoms with E-state index in [2.05, 4.69) is 25.8 Å². The summed E-state index contributed by atoms with van der Waals surface area (Å²) in [5, 5.41) is 5.43. The number of nitrogens with one attached hydrogen (secondary N) is 1. The number of nitrogens with zero attached hydrogens (tertiary/aromatic N) is 3. The Bertz CT molecular complexity index is 1080. The van der Waals surface area contributed by atoms with E-state index in [1.807, 2.05) is 48.8 Å².